The lowest BCUT2D eigenvalue weighted by molar-refractivity contribution is -0.298. The number of allylic oxidation sites excluding steroid dienone is 2. The molecule has 0 aromatic rings. The Bertz CT molecular complexity index is 1290. The second-order valence-corrected chi connectivity index (χ2v) is 21.4. The van der Waals surface area contributed by atoms with Crippen molar-refractivity contribution in [3.8, 4) is 0 Å². The number of carbonyl (C=O) groups excluding carboxylic acids is 1. The lowest BCUT2D eigenvalue weighted by atomic mass is 9.99. The molecule has 13 nitrogen and oxygen atoms in total. The number of unbranched alkanes of at least 4 members (excludes halogenated alkanes) is 35. The van der Waals surface area contributed by atoms with Crippen LogP contribution in [0.1, 0.15) is 271 Å². The molecule has 1 saturated heterocycles. The van der Waals surface area contributed by atoms with E-state index in [1.807, 2.05) is 0 Å². The monoisotopic (exact) mass is 1010 g/mol. The molecular weight excluding hydrogens is 899 g/mol. The Morgan fingerprint density at radius 1 is 0.565 bits per heavy atom. The van der Waals surface area contributed by atoms with Crippen molar-refractivity contribution in [1.29, 1.82) is 0 Å². The molecule has 69 heavy (non-hydrogen) atoms. The van der Waals surface area contributed by atoms with Crippen molar-refractivity contribution >= 4 is 16.3 Å². The molecule has 0 aliphatic carbocycles. The summed E-state index contributed by atoms with van der Waals surface area (Å²) in [5, 5.41) is 55.7. The number of hydrogen-bond acceptors (Lipinski definition) is 11. The average Bonchev–Trinajstić information content (AvgIpc) is 3.32. The van der Waals surface area contributed by atoms with Crippen LogP contribution in [0.25, 0.3) is 0 Å². The lowest BCUT2D eigenvalue weighted by Gasteiger charge is -2.41. The summed E-state index contributed by atoms with van der Waals surface area (Å²) in [7, 11) is -5.11. The van der Waals surface area contributed by atoms with Gasteiger partial charge in [0.1, 0.15) is 30.5 Å². The molecule has 0 bridgehead atoms. The molecule has 1 fully saturated rings. The maximum atomic E-state index is 13.2. The Labute approximate surface area is 422 Å². The Balaban J connectivity index is 2.43. The van der Waals surface area contributed by atoms with Crippen molar-refractivity contribution in [1.82, 2.24) is 5.32 Å². The highest BCUT2D eigenvalue weighted by Crippen LogP contribution is 2.26. The molecule has 14 heteroatoms. The van der Waals surface area contributed by atoms with Crippen molar-refractivity contribution in [2.45, 2.75) is 320 Å². The molecule has 8 atom stereocenters. The molecule has 1 rings (SSSR count). The van der Waals surface area contributed by atoms with Crippen LogP contribution in [-0.4, -0.2) is 107 Å². The SMILES string of the molecule is CCCCCCCCCCC/C=C\CCCCCCCCC(O)C(=O)NC(COC1OC(CO)C(O)C(OS(=O)(=O)O)C1O)C(O)CCCCCCCCCCCCCCCCCCCCCCC. The number of nitrogens with one attached hydrogen (secondary N) is 1. The number of ether oxygens (including phenoxy) is 2. The van der Waals surface area contributed by atoms with Crippen LogP contribution < -0.4 is 5.32 Å². The highest BCUT2D eigenvalue weighted by molar-refractivity contribution is 7.80. The Hall–Kier alpha value is -1.20. The standard InChI is InChI=1S/C55H107NO12S/c1-3-5-7-9-11-13-15-17-19-21-23-24-26-27-29-31-33-35-37-39-41-43-48(58)47(46-66-55-52(61)53(68-69(63,64)65)51(60)50(45-57)67-55)56-54(62)49(59)44-42-40-38-36-34-32-30-28-25-22-20-18-16-14-12-10-8-6-4-2/h25,28,47-53,55,57-61H,3-24,26-27,29-46H2,1-2H3,(H,56,62)(H,63,64,65)/b28-25-. The fraction of sp³-hybridized carbons (Fsp3) is 0.945. The van der Waals surface area contributed by atoms with Crippen molar-refractivity contribution in [2.75, 3.05) is 13.2 Å². The minimum Gasteiger partial charge on any atom is -0.394 e. The van der Waals surface area contributed by atoms with E-state index in [4.69, 9.17) is 9.47 Å². The zero-order valence-electron chi connectivity index (χ0n) is 44.0. The summed E-state index contributed by atoms with van der Waals surface area (Å²) in [6.07, 6.45) is 41.0. The van der Waals surface area contributed by atoms with Gasteiger partial charge in [-0.2, -0.15) is 8.42 Å². The number of rotatable bonds is 50. The fourth-order valence-corrected chi connectivity index (χ4v) is 9.91. The van der Waals surface area contributed by atoms with Crippen LogP contribution in [0.5, 0.6) is 0 Å². The first-order chi connectivity index (χ1) is 33.4. The van der Waals surface area contributed by atoms with E-state index in [1.165, 1.54) is 173 Å². The molecular formula is C55H107NO12S. The van der Waals surface area contributed by atoms with E-state index in [0.29, 0.717) is 19.3 Å². The Morgan fingerprint density at radius 3 is 1.30 bits per heavy atom. The van der Waals surface area contributed by atoms with Crippen LogP contribution in [0.4, 0.5) is 0 Å². The van der Waals surface area contributed by atoms with E-state index < -0.39 is 78.5 Å². The van der Waals surface area contributed by atoms with E-state index in [1.54, 1.807) is 0 Å². The summed E-state index contributed by atoms with van der Waals surface area (Å²) in [6, 6.07) is -1.03. The summed E-state index contributed by atoms with van der Waals surface area (Å²) in [6.45, 7) is 3.32. The molecule has 0 aromatic heterocycles. The van der Waals surface area contributed by atoms with Gasteiger partial charge in [0.2, 0.25) is 5.91 Å². The van der Waals surface area contributed by atoms with Crippen molar-refractivity contribution < 1.29 is 57.0 Å². The van der Waals surface area contributed by atoms with Gasteiger partial charge in [-0.15, -0.1) is 0 Å². The maximum absolute atomic E-state index is 13.2. The van der Waals surface area contributed by atoms with E-state index in [-0.39, 0.29) is 6.42 Å². The largest absolute Gasteiger partial charge is 0.397 e. The number of aliphatic hydroxyl groups is 5. The van der Waals surface area contributed by atoms with Crippen LogP contribution in [-0.2, 0) is 28.9 Å². The molecule has 1 aliphatic heterocycles. The van der Waals surface area contributed by atoms with Gasteiger partial charge in [0.15, 0.2) is 6.29 Å². The summed E-state index contributed by atoms with van der Waals surface area (Å²) >= 11 is 0. The zero-order chi connectivity index (χ0) is 50.6. The quantitative estimate of drug-likeness (QED) is 0.0172. The van der Waals surface area contributed by atoms with Crippen LogP contribution in [0.15, 0.2) is 12.2 Å². The lowest BCUT2D eigenvalue weighted by Crippen LogP contribution is -2.61. The first kappa shape index (κ1) is 65.8. The van der Waals surface area contributed by atoms with Gasteiger partial charge in [-0.25, -0.2) is 4.18 Å². The number of hydrogen-bond donors (Lipinski definition) is 7. The van der Waals surface area contributed by atoms with Gasteiger partial charge in [0, 0.05) is 0 Å². The molecule has 1 amide bonds. The predicted molar refractivity (Wildman–Crippen MR) is 279 cm³/mol. The van der Waals surface area contributed by atoms with E-state index in [2.05, 4.69) is 35.5 Å². The minimum atomic E-state index is -5.11. The number of carbonyl (C=O) groups is 1. The molecule has 0 aromatic carbocycles. The van der Waals surface area contributed by atoms with Crippen LogP contribution >= 0.6 is 0 Å². The topological polar surface area (TPSA) is 212 Å². The van der Waals surface area contributed by atoms with Gasteiger partial charge in [-0.1, -0.05) is 244 Å². The highest BCUT2D eigenvalue weighted by Gasteiger charge is 2.48. The predicted octanol–water partition coefficient (Wildman–Crippen LogP) is 12.0. The third kappa shape index (κ3) is 37.2. The zero-order valence-corrected chi connectivity index (χ0v) is 44.8. The third-order valence-corrected chi connectivity index (χ3v) is 14.4. The van der Waals surface area contributed by atoms with Crippen molar-refractivity contribution in [3.05, 3.63) is 12.2 Å². The maximum Gasteiger partial charge on any atom is 0.397 e. The first-order valence-electron chi connectivity index (χ1n) is 28.7. The van der Waals surface area contributed by atoms with Crippen LogP contribution in [0.2, 0.25) is 0 Å². The summed E-state index contributed by atoms with van der Waals surface area (Å²) in [5.74, 6) is -0.669. The second-order valence-electron chi connectivity index (χ2n) is 20.4. The van der Waals surface area contributed by atoms with Crippen LogP contribution in [0.3, 0.4) is 0 Å². The van der Waals surface area contributed by atoms with Gasteiger partial charge in [0.05, 0.1) is 25.4 Å². The molecule has 0 saturated carbocycles. The summed E-state index contributed by atoms with van der Waals surface area (Å²) in [5.41, 5.74) is 0. The van der Waals surface area contributed by atoms with Crippen LogP contribution in [0, 0.1) is 0 Å². The minimum absolute atomic E-state index is 0.256. The van der Waals surface area contributed by atoms with Gasteiger partial charge in [-0.3, -0.25) is 9.35 Å². The third-order valence-electron chi connectivity index (χ3n) is 13.9. The first-order valence-corrected chi connectivity index (χ1v) is 30.0. The molecule has 1 heterocycles. The molecule has 410 valence electrons. The average molecular weight is 1010 g/mol. The van der Waals surface area contributed by atoms with Gasteiger partial charge < -0.3 is 40.3 Å². The van der Waals surface area contributed by atoms with Crippen molar-refractivity contribution in [2.24, 2.45) is 0 Å². The molecule has 0 spiro atoms. The fourth-order valence-electron chi connectivity index (χ4n) is 9.40. The molecule has 7 N–H and O–H groups in total. The normalized spacial score (nSPS) is 20.1. The van der Waals surface area contributed by atoms with E-state index >= 15 is 0 Å². The number of aliphatic hydroxyl groups excluding tert-OH is 5. The van der Waals surface area contributed by atoms with Gasteiger partial charge in [-0.05, 0) is 38.5 Å². The Morgan fingerprint density at radius 2 is 0.928 bits per heavy atom. The number of amides is 1. The second kappa shape index (κ2) is 45.4. The highest BCUT2D eigenvalue weighted by atomic mass is 32.3. The van der Waals surface area contributed by atoms with E-state index in [0.717, 1.165) is 57.8 Å². The summed E-state index contributed by atoms with van der Waals surface area (Å²) in [4.78, 5) is 13.2. The molecule has 1 aliphatic rings. The smallest absolute Gasteiger partial charge is 0.394 e. The molecule has 8 unspecified atom stereocenters. The molecule has 0 radical (unpaired) electrons. The van der Waals surface area contributed by atoms with Gasteiger partial charge >= 0.3 is 10.4 Å². The van der Waals surface area contributed by atoms with Crippen molar-refractivity contribution in [3.63, 3.8) is 0 Å². The van der Waals surface area contributed by atoms with Gasteiger partial charge in [0.25, 0.3) is 0 Å². The summed E-state index contributed by atoms with van der Waals surface area (Å²) < 4.78 is 47.8. The van der Waals surface area contributed by atoms with E-state index in [9.17, 15) is 43.3 Å². The Kier molecular flexibility index (Phi) is 43.3.